The molecule has 220 valence electrons. The average molecular weight is 621 g/mol. The molecule has 1 saturated heterocycles. The molecule has 0 radical (unpaired) electrons. The van der Waals surface area contributed by atoms with Gasteiger partial charge < -0.3 is 14.6 Å². The summed E-state index contributed by atoms with van der Waals surface area (Å²) in [5, 5.41) is 9.93. The molecule has 1 fully saturated rings. The summed E-state index contributed by atoms with van der Waals surface area (Å²) in [5.74, 6) is 1.52. The molecule has 0 aromatic carbocycles. The molecule has 41 heavy (non-hydrogen) atoms. The van der Waals surface area contributed by atoms with Crippen molar-refractivity contribution in [3.05, 3.63) is 28.9 Å². The number of fused-ring (bicyclic) bond motifs is 1. The molecule has 1 amide bonds. The minimum absolute atomic E-state index is 0.0565. The van der Waals surface area contributed by atoms with Crippen LogP contribution in [0.4, 0.5) is 15.7 Å². The van der Waals surface area contributed by atoms with Crippen LogP contribution in [0.2, 0.25) is 0 Å². The van der Waals surface area contributed by atoms with E-state index in [0.29, 0.717) is 31.9 Å². The standard InChI is InChI=1S/C25H32N8O5S3/c1-14(28-22-21-20(26-13-27-22)18(12-39-21)19-15(2)30-38-17(19)4)11-32-7-9-33(10-8-32)41(35,36)23-16(3)29-24(40-23)31(5)25(34)37-6/h12-14H,7-11H2,1-6H3,(H,26,27,28). The highest BCUT2D eigenvalue weighted by molar-refractivity contribution is 7.91. The van der Waals surface area contributed by atoms with Crippen LogP contribution in [0.15, 0.2) is 20.4 Å². The van der Waals surface area contributed by atoms with Crippen molar-refractivity contribution in [2.45, 2.75) is 37.9 Å². The molecular weight excluding hydrogens is 589 g/mol. The van der Waals surface area contributed by atoms with Gasteiger partial charge in [0, 0.05) is 56.8 Å². The van der Waals surface area contributed by atoms with E-state index < -0.39 is 16.1 Å². The number of carbonyl (C=O) groups is 1. The van der Waals surface area contributed by atoms with E-state index in [9.17, 15) is 13.2 Å². The second-order valence-electron chi connectivity index (χ2n) is 9.90. The van der Waals surface area contributed by atoms with Gasteiger partial charge in [0.15, 0.2) is 9.34 Å². The number of sulfonamides is 1. The van der Waals surface area contributed by atoms with Gasteiger partial charge in [-0.05, 0) is 27.7 Å². The maximum Gasteiger partial charge on any atom is 0.415 e. The number of ether oxygens (including phenoxy) is 1. The van der Waals surface area contributed by atoms with Crippen molar-refractivity contribution in [1.82, 2.24) is 29.3 Å². The Morgan fingerprint density at radius 2 is 1.93 bits per heavy atom. The molecule has 4 aromatic heterocycles. The molecular formula is C25H32N8O5S3. The number of aromatic nitrogens is 4. The quantitative estimate of drug-likeness (QED) is 0.307. The summed E-state index contributed by atoms with van der Waals surface area (Å²) < 4.78 is 39.5. The fourth-order valence-corrected chi connectivity index (χ4v) is 8.88. The third-order valence-electron chi connectivity index (χ3n) is 6.96. The van der Waals surface area contributed by atoms with Crippen LogP contribution in [0.3, 0.4) is 0 Å². The molecule has 1 atom stereocenters. The molecule has 1 aliphatic heterocycles. The first-order chi connectivity index (χ1) is 19.5. The van der Waals surface area contributed by atoms with Gasteiger partial charge in [0.05, 0.1) is 34.3 Å². The molecule has 5 heterocycles. The number of thiophene rings is 1. The Balaban J connectivity index is 1.22. The summed E-state index contributed by atoms with van der Waals surface area (Å²) in [5.41, 5.74) is 3.98. The van der Waals surface area contributed by atoms with E-state index in [2.05, 4.69) is 42.6 Å². The highest BCUT2D eigenvalue weighted by atomic mass is 32.2. The van der Waals surface area contributed by atoms with Gasteiger partial charge in [0.1, 0.15) is 17.9 Å². The number of thiazole rings is 1. The topological polar surface area (TPSA) is 147 Å². The summed E-state index contributed by atoms with van der Waals surface area (Å²) in [6.07, 6.45) is 0.951. The maximum atomic E-state index is 13.4. The normalized spacial score (nSPS) is 15.8. The molecule has 0 bridgehead atoms. The minimum atomic E-state index is -3.74. The third kappa shape index (κ3) is 5.66. The lowest BCUT2D eigenvalue weighted by atomic mass is 10.1. The molecule has 0 aliphatic carbocycles. The molecule has 1 N–H and O–H groups in total. The zero-order valence-corrected chi connectivity index (χ0v) is 26.1. The number of rotatable bonds is 8. The zero-order chi connectivity index (χ0) is 29.5. The van der Waals surface area contributed by atoms with Gasteiger partial charge in [0.2, 0.25) is 0 Å². The van der Waals surface area contributed by atoms with E-state index in [1.165, 1.54) is 23.4 Å². The Morgan fingerprint density at radius 3 is 2.59 bits per heavy atom. The molecule has 1 aliphatic rings. The average Bonchev–Trinajstić information content (AvgIpc) is 3.65. The van der Waals surface area contributed by atoms with E-state index in [0.717, 1.165) is 56.5 Å². The van der Waals surface area contributed by atoms with Crippen LogP contribution in [0, 0.1) is 20.8 Å². The predicted molar refractivity (Wildman–Crippen MR) is 158 cm³/mol. The number of hydrogen-bond acceptors (Lipinski definition) is 13. The number of hydrogen-bond donors (Lipinski definition) is 1. The van der Waals surface area contributed by atoms with Gasteiger partial charge in [0.25, 0.3) is 10.0 Å². The highest BCUT2D eigenvalue weighted by Gasteiger charge is 2.33. The van der Waals surface area contributed by atoms with E-state index >= 15 is 0 Å². The molecule has 16 heteroatoms. The first kappa shape index (κ1) is 29.3. The number of nitrogens with zero attached hydrogens (tertiary/aromatic N) is 7. The van der Waals surface area contributed by atoms with E-state index in [1.54, 1.807) is 24.6 Å². The molecule has 0 spiro atoms. The van der Waals surface area contributed by atoms with Gasteiger partial charge >= 0.3 is 6.09 Å². The van der Waals surface area contributed by atoms with Crippen LogP contribution in [-0.4, -0.2) is 96.7 Å². The molecule has 4 aromatic rings. The number of amides is 1. The largest absolute Gasteiger partial charge is 0.452 e. The van der Waals surface area contributed by atoms with Crippen molar-refractivity contribution in [3.63, 3.8) is 0 Å². The fraction of sp³-hybridized carbons (Fsp3) is 0.480. The van der Waals surface area contributed by atoms with Crippen molar-refractivity contribution in [2.75, 3.05) is 57.1 Å². The summed E-state index contributed by atoms with van der Waals surface area (Å²) in [7, 11) is -0.981. The molecule has 0 saturated carbocycles. The fourth-order valence-electron chi connectivity index (χ4n) is 4.90. The van der Waals surface area contributed by atoms with Crippen LogP contribution in [-0.2, 0) is 14.8 Å². The van der Waals surface area contributed by atoms with Crippen LogP contribution in [0.1, 0.15) is 24.1 Å². The molecule has 13 nitrogen and oxygen atoms in total. The van der Waals surface area contributed by atoms with Crippen molar-refractivity contribution < 1.29 is 22.5 Å². The number of nitrogens with one attached hydrogen (secondary N) is 1. The third-order valence-corrected chi connectivity index (χ3v) is 11.7. The molecule has 5 rings (SSSR count). The van der Waals surface area contributed by atoms with E-state index in [1.807, 2.05) is 13.8 Å². The number of anilines is 2. The monoisotopic (exact) mass is 620 g/mol. The van der Waals surface area contributed by atoms with Crippen LogP contribution in [0.25, 0.3) is 21.3 Å². The Morgan fingerprint density at radius 1 is 1.20 bits per heavy atom. The second kappa shape index (κ2) is 11.6. The van der Waals surface area contributed by atoms with Gasteiger partial charge in [-0.15, -0.1) is 11.3 Å². The number of piperazine rings is 1. The number of carbonyl (C=O) groups excluding carboxylic acids is 1. The van der Waals surface area contributed by atoms with Crippen molar-refractivity contribution in [3.8, 4) is 11.1 Å². The van der Waals surface area contributed by atoms with Crippen molar-refractivity contribution >= 4 is 60.0 Å². The first-order valence-corrected chi connectivity index (χ1v) is 16.1. The SMILES string of the molecule is COC(=O)N(C)c1nc(C)c(S(=O)(=O)N2CCN(CC(C)Nc3ncnc4c(-c5c(C)noc5C)csc34)CC2)s1. The van der Waals surface area contributed by atoms with Crippen LogP contribution >= 0.6 is 22.7 Å². The lowest BCUT2D eigenvalue weighted by molar-refractivity contribution is 0.180. The van der Waals surface area contributed by atoms with E-state index in [-0.39, 0.29) is 15.4 Å². The van der Waals surface area contributed by atoms with E-state index in [4.69, 9.17) is 9.26 Å². The zero-order valence-electron chi connectivity index (χ0n) is 23.7. The van der Waals surface area contributed by atoms with Gasteiger partial charge in [-0.3, -0.25) is 9.80 Å². The first-order valence-electron chi connectivity index (χ1n) is 12.9. The second-order valence-corrected chi connectivity index (χ2v) is 13.9. The Hall–Kier alpha value is -3.18. The maximum absolute atomic E-state index is 13.4. The lowest BCUT2D eigenvalue weighted by Crippen LogP contribution is -2.50. The lowest BCUT2D eigenvalue weighted by Gasteiger charge is -2.35. The molecule has 1 unspecified atom stereocenters. The summed E-state index contributed by atoms with van der Waals surface area (Å²) in [6.45, 7) is 10.1. The van der Waals surface area contributed by atoms with Crippen LogP contribution < -0.4 is 10.2 Å². The van der Waals surface area contributed by atoms with Crippen LogP contribution in [0.5, 0.6) is 0 Å². The van der Waals surface area contributed by atoms with Crippen molar-refractivity contribution in [1.29, 1.82) is 0 Å². The predicted octanol–water partition coefficient (Wildman–Crippen LogP) is 3.74. The van der Waals surface area contributed by atoms with Gasteiger partial charge in [-0.2, -0.15) is 4.31 Å². The van der Waals surface area contributed by atoms with Crippen molar-refractivity contribution in [2.24, 2.45) is 0 Å². The van der Waals surface area contributed by atoms with Gasteiger partial charge in [-0.1, -0.05) is 16.5 Å². The smallest absolute Gasteiger partial charge is 0.415 e. The minimum Gasteiger partial charge on any atom is -0.452 e. The Kier molecular flexibility index (Phi) is 8.29. The number of aryl methyl sites for hydroxylation is 3. The van der Waals surface area contributed by atoms with Gasteiger partial charge in [-0.25, -0.2) is 28.2 Å². The highest BCUT2D eigenvalue weighted by Crippen LogP contribution is 2.38. The summed E-state index contributed by atoms with van der Waals surface area (Å²) in [6, 6.07) is 0.0565. The number of methoxy groups -OCH3 is 1. The summed E-state index contributed by atoms with van der Waals surface area (Å²) in [4.78, 5) is 28.6. The Bertz CT molecular complexity index is 1650. The summed E-state index contributed by atoms with van der Waals surface area (Å²) >= 11 is 2.54. The Labute approximate surface area is 246 Å².